The summed E-state index contributed by atoms with van der Waals surface area (Å²) >= 11 is 11.8. The Balaban J connectivity index is 2.00. The highest BCUT2D eigenvalue weighted by molar-refractivity contribution is 6.31. The van der Waals surface area contributed by atoms with Gasteiger partial charge in [0.25, 0.3) is 0 Å². The first kappa shape index (κ1) is 13.0. The number of anilines is 1. The summed E-state index contributed by atoms with van der Waals surface area (Å²) in [6.45, 7) is 0. The molecule has 3 rings (SSSR count). The van der Waals surface area contributed by atoms with E-state index in [1.807, 2.05) is 36.4 Å². The molecule has 2 aromatic heterocycles. The summed E-state index contributed by atoms with van der Waals surface area (Å²) in [5, 5.41) is 9.38. The fourth-order valence-electron chi connectivity index (χ4n) is 1.86. The fraction of sp³-hybridized carbons (Fsp3) is 0. The molecule has 0 unspecified atom stereocenters. The first-order valence-electron chi connectivity index (χ1n) is 5.87. The lowest BCUT2D eigenvalue weighted by Crippen LogP contribution is -1.94. The van der Waals surface area contributed by atoms with Gasteiger partial charge in [-0.1, -0.05) is 41.4 Å². The molecule has 4 nitrogen and oxygen atoms in total. The van der Waals surface area contributed by atoms with E-state index in [0.29, 0.717) is 27.2 Å². The molecule has 6 heteroatoms. The Bertz CT molecular complexity index is 791. The van der Waals surface area contributed by atoms with Crippen LogP contribution < -0.4 is 5.73 Å². The van der Waals surface area contributed by atoms with Crippen molar-refractivity contribution in [2.45, 2.75) is 0 Å². The van der Waals surface area contributed by atoms with Crippen molar-refractivity contribution in [3.8, 4) is 0 Å². The molecule has 0 aliphatic carbocycles. The third kappa shape index (κ3) is 2.48. The van der Waals surface area contributed by atoms with Crippen LogP contribution in [0, 0.1) is 0 Å². The smallest absolute Gasteiger partial charge is 0.184 e. The van der Waals surface area contributed by atoms with E-state index in [0.717, 1.165) is 5.56 Å². The molecule has 0 spiro atoms. The van der Waals surface area contributed by atoms with Gasteiger partial charge in [-0.25, -0.2) is 0 Å². The second kappa shape index (κ2) is 5.15. The zero-order chi connectivity index (χ0) is 14.1. The van der Waals surface area contributed by atoms with Crippen LogP contribution in [0.1, 0.15) is 11.4 Å². The van der Waals surface area contributed by atoms with Crippen LogP contribution in [0.25, 0.3) is 17.8 Å². The maximum Gasteiger partial charge on any atom is 0.184 e. The number of rotatable bonds is 2. The molecular formula is C14H10Cl2N4. The summed E-state index contributed by atoms with van der Waals surface area (Å²) in [6.07, 6.45) is 5.50. The van der Waals surface area contributed by atoms with Gasteiger partial charge in [-0.15, -0.1) is 10.2 Å². The van der Waals surface area contributed by atoms with E-state index in [9.17, 15) is 0 Å². The average Bonchev–Trinajstić information content (AvgIpc) is 2.81. The third-order valence-corrected chi connectivity index (χ3v) is 3.28. The van der Waals surface area contributed by atoms with Crippen LogP contribution in [0.15, 0.2) is 36.5 Å². The number of hydrogen-bond donors (Lipinski definition) is 1. The molecule has 0 saturated carbocycles. The number of pyridine rings is 1. The normalized spacial score (nSPS) is 11.5. The first-order valence-corrected chi connectivity index (χ1v) is 6.62. The van der Waals surface area contributed by atoms with Crippen LogP contribution >= 0.6 is 23.2 Å². The van der Waals surface area contributed by atoms with Crippen LogP contribution in [-0.2, 0) is 0 Å². The molecule has 0 atom stereocenters. The van der Waals surface area contributed by atoms with Gasteiger partial charge in [0.05, 0.1) is 10.7 Å². The molecule has 1 aromatic carbocycles. The number of aromatic nitrogens is 3. The number of halogens is 2. The molecule has 0 amide bonds. The van der Waals surface area contributed by atoms with Gasteiger partial charge in [-0.3, -0.25) is 4.40 Å². The predicted molar refractivity (Wildman–Crippen MR) is 82.8 cm³/mol. The summed E-state index contributed by atoms with van der Waals surface area (Å²) in [5.74, 6) is 0.657. The van der Waals surface area contributed by atoms with Crippen LogP contribution in [0.5, 0.6) is 0 Å². The lowest BCUT2D eigenvalue weighted by Gasteiger charge is -1.99. The average molecular weight is 305 g/mol. The number of hydrogen-bond acceptors (Lipinski definition) is 3. The summed E-state index contributed by atoms with van der Waals surface area (Å²) in [6, 6.07) is 9.15. The van der Waals surface area contributed by atoms with Crippen molar-refractivity contribution in [1.82, 2.24) is 14.6 Å². The maximum absolute atomic E-state index is 5.99. The highest BCUT2D eigenvalue weighted by atomic mass is 35.5. The SMILES string of the molecule is Nc1cc(Cl)cn2c(/C=C/c3ccc(Cl)cc3)nnc12. The number of fused-ring (bicyclic) bond motifs is 1. The van der Waals surface area contributed by atoms with Gasteiger partial charge in [0.1, 0.15) is 0 Å². The minimum atomic E-state index is 0.496. The molecule has 0 aliphatic rings. The summed E-state index contributed by atoms with van der Waals surface area (Å²) < 4.78 is 1.75. The van der Waals surface area contributed by atoms with Gasteiger partial charge in [-0.05, 0) is 29.8 Å². The molecule has 0 aliphatic heterocycles. The summed E-state index contributed by atoms with van der Waals surface area (Å²) in [7, 11) is 0. The second-order valence-electron chi connectivity index (χ2n) is 4.25. The van der Waals surface area contributed by atoms with E-state index in [4.69, 9.17) is 28.9 Å². The summed E-state index contributed by atoms with van der Waals surface area (Å²) in [5.41, 5.74) is 7.95. The molecular weight excluding hydrogens is 295 g/mol. The van der Waals surface area contributed by atoms with Crippen molar-refractivity contribution >= 4 is 46.7 Å². The van der Waals surface area contributed by atoms with Crippen LogP contribution in [0.4, 0.5) is 5.69 Å². The highest BCUT2D eigenvalue weighted by Gasteiger charge is 2.06. The lowest BCUT2D eigenvalue weighted by atomic mass is 10.2. The van der Waals surface area contributed by atoms with E-state index < -0.39 is 0 Å². The van der Waals surface area contributed by atoms with Crippen molar-refractivity contribution in [2.24, 2.45) is 0 Å². The number of nitrogens with two attached hydrogens (primary N) is 1. The van der Waals surface area contributed by atoms with Gasteiger partial charge in [-0.2, -0.15) is 0 Å². The lowest BCUT2D eigenvalue weighted by molar-refractivity contribution is 1.08. The van der Waals surface area contributed by atoms with Crippen molar-refractivity contribution in [2.75, 3.05) is 5.73 Å². The maximum atomic E-state index is 5.99. The Hall–Kier alpha value is -2.04. The molecule has 2 N–H and O–H groups in total. The molecule has 20 heavy (non-hydrogen) atoms. The molecule has 100 valence electrons. The van der Waals surface area contributed by atoms with Gasteiger partial charge in [0, 0.05) is 11.2 Å². The quantitative estimate of drug-likeness (QED) is 0.783. The van der Waals surface area contributed by atoms with Gasteiger partial charge < -0.3 is 5.73 Å². The Labute approximate surface area is 125 Å². The molecule has 0 fully saturated rings. The van der Waals surface area contributed by atoms with Crippen molar-refractivity contribution in [3.63, 3.8) is 0 Å². The zero-order valence-corrected chi connectivity index (χ0v) is 11.8. The van der Waals surface area contributed by atoms with E-state index in [2.05, 4.69) is 10.2 Å². The predicted octanol–water partition coefficient (Wildman–Crippen LogP) is 3.79. The Morgan fingerprint density at radius 3 is 2.50 bits per heavy atom. The summed E-state index contributed by atoms with van der Waals surface area (Å²) in [4.78, 5) is 0. The van der Waals surface area contributed by atoms with Crippen LogP contribution in [0.2, 0.25) is 10.0 Å². The third-order valence-electron chi connectivity index (χ3n) is 2.82. The molecule has 0 bridgehead atoms. The fourth-order valence-corrected chi connectivity index (χ4v) is 2.20. The van der Waals surface area contributed by atoms with Crippen LogP contribution in [-0.4, -0.2) is 14.6 Å². The first-order chi connectivity index (χ1) is 9.63. The van der Waals surface area contributed by atoms with E-state index in [1.165, 1.54) is 0 Å². The number of nitrogens with zero attached hydrogens (tertiary/aromatic N) is 3. The molecule has 0 radical (unpaired) electrons. The van der Waals surface area contributed by atoms with E-state index in [-0.39, 0.29) is 0 Å². The van der Waals surface area contributed by atoms with E-state index >= 15 is 0 Å². The number of nitrogen functional groups attached to an aromatic ring is 1. The largest absolute Gasteiger partial charge is 0.396 e. The minimum Gasteiger partial charge on any atom is -0.396 e. The van der Waals surface area contributed by atoms with Crippen molar-refractivity contribution in [1.29, 1.82) is 0 Å². The van der Waals surface area contributed by atoms with Crippen molar-refractivity contribution in [3.05, 3.63) is 58.0 Å². The van der Waals surface area contributed by atoms with Crippen molar-refractivity contribution < 1.29 is 0 Å². The minimum absolute atomic E-state index is 0.496. The van der Waals surface area contributed by atoms with Crippen LogP contribution in [0.3, 0.4) is 0 Å². The highest BCUT2D eigenvalue weighted by Crippen LogP contribution is 2.19. The topological polar surface area (TPSA) is 56.2 Å². The standard InChI is InChI=1S/C14H10Cl2N4/c15-10-4-1-9(2-5-10)3-6-13-18-19-14-12(17)7-11(16)8-20(13)14/h1-8H,17H2/b6-3+. The van der Waals surface area contributed by atoms with Gasteiger partial charge in [0.2, 0.25) is 0 Å². The Morgan fingerprint density at radius 2 is 1.75 bits per heavy atom. The Morgan fingerprint density at radius 1 is 1.00 bits per heavy atom. The van der Waals surface area contributed by atoms with Gasteiger partial charge in [0.15, 0.2) is 11.5 Å². The molecule has 3 aromatic rings. The van der Waals surface area contributed by atoms with Gasteiger partial charge >= 0.3 is 0 Å². The van der Waals surface area contributed by atoms with E-state index in [1.54, 1.807) is 16.7 Å². The Kier molecular flexibility index (Phi) is 3.34. The zero-order valence-electron chi connectivity index (χ0n) is 10.3. The molecule has 0 saturated heterocycles. The molecule has 2 heterocycles. The second-order valence-corrected chi connectivity index (χ2v) is 5.12. The monoisotopic (exact) mass is 304 g/mol. The number of benzene rings is 1.